The van der Waals surface area contributed by atoms with Gasteiger partial charge in [0.05, 0.1) is 12.5 Å². The zero-order valence-electron chi connectivity index (χ0n) is 8.50. The summed E-state index contributed by atoms with van der Waals surface area (Å²) in [5.41, 5.74) is 0. The number of hydrogen-bond acceptors (Lipinski definition) is 3. The second kappa shape index (κ2) is 4.95. The van der Waals surface area contributed by atoms with Crippen LogP contribution in [0.5, 0.6) is 0 Å². The van der Waals surface area contributed by atoms with Crippen molar-refractivity contribution in [1.29, 1.82) is 0 Å². The first-order valence-electron chi connectivity index (χ1n) is 4.69. The van der Waals surface area contributed by atoms with Crippen molar-refractivity contribution in [2.24, 2.45) is 5.92 Å². The average Bonchev–Trinajstić information content (AvgIpc) is 2.52. The topological polar surface area (TPSA) is 67.4 Å². The highest BCUT2D eigenvalue weighted by Crippen LogP contribution is 2.08. The van der Waals surface area contributed by atoms with Crippen LogP contribution in [0.2, 0.25) is 0 Å². The highest BCUT2D eigenvalue weighted by molar-refractivity contribution is 5.89. The van der Waals surface area contributed by atoms with Gasteiger partial charge >= 0.3 is 0 Å². The van der Waals surface area contributed by atoms with Crippen LogP contribution in [0.3, 0.4) is 0 Å². The molecule has 5 heteroatoms. The average molecular weight is 200 g/mol. The number of nitrogens with one attached hydrogen (secondary N) is 2. The summed E-state index contributed by atoms with van der Waals surface area (Å²) in [6.07, 6.45) is 0.297. The van der Waals surface area contributed by atoms with E-state index in [9.17, 15) is 9.59 Å². The predicted molar refractivity (Wildman–Crippen MR) is 50.6 cm³/mol. The number of rotatable bonds is 4. The molecule has 0 spiro atoms. The van der Waals surface area contributed by atoms with Gasteiger partial charge in [-0.05, 0) is 6.92 Å². The first-order chi connectivity index (χ1) is 6.63. The Morgan fingerprint density at radius 2 is 2.50 bits per heavy atom. The van der Waals surface area contributed by atoms with E-state index in [1.807, 2.05) is 6.92 Å². The van der Waals surface area contributed by atoms with E-state index in [1.54, 1.807) is 7.11 Å². The molecule has 2 amide bonds. The van der Waals surface area contributed by atoms with Crippen LogP contribution >= 0.6 is 0 Å². The number of hydrogen-bond donors (Lipinski definition) is 2. The van der Waals surface area contributed by atoms with Crippen LogP contribution in [0, 0.1) is 5.92 Å². The van der Waals surface area contributed by atoms with Crippen LogP contribution in [-0.4, -0.2) is 38.1 Å². The standard InChI is InChI=1S/C9H16N2O3/c1-6(5-14-2)11-9(13)7-3-8(12)10-4-7/h6-7H,3-5H2,1-2H3,(H,10,12)(H,11,13). The number of carbonyl (C=O) groups is 2. The summed E-state index contributed by atoms with van der Waals surface area (Å²) in [5, 5.41) is 5.41. The molecular weight excluding hydrogens is 184 g/mol. The van der Waals surface area contributed by atoms with Crippen LogP contribution in [0.4, 0.5) is 0 Å². The Balaban J connectivity index is 2.31. The molecule has 1 fully saturated rings. The molecule has 0 aliphatic carbocycles. The number of ether oxygens (including phenoxy) is 1. The maximum atomic E-state index is 11.5. The molecule has 0 aromatic rings. The van der Waals surface area contributed by atoms with Gasteiger partial charge in [-0.3, -0.25) is 9.59 Å². The second-order valence-corrected chi connectivity index (χ2v) is 3.57. The third-order valence-electron chi connectivity index (χ3n) is 2.15. The lowest BCUT2D eigenvalue weighted by molar-refractivity contribution is -0.127. The van der Waals surface area contributed by atoms with Gasteiger partial charge in [-0.2, -0.15) is 0 Å². The largest absolute Gasteiger partial charge is 0.383 e. The van der Waals surface area contributed by atoms with E-state index in [2.05, 4.69) is 10.6 Å². The van der Waals surface area contributed by atoms with Gasteiger partial charge in [0.1, 0.15) is 0 Å². The van der Waals surface area contributed by atoms with Crippen molar-refractivity contribution in [3.05, 3.63) is 0 Å². The fraction of sp³-hybridized carbons (Fsp3) is 0.778. The first kappa shape index (κ1) is 11.0. The summed E-state index contributed by atoms with van der Waals surface area (Å²) in [5.74, 6) is -0.348. The second-order valence-electron chi connectivity index (χ2n) is 3.57. The lowest BCUT2D eigenvalue weighted by atomic mass is 10.1. The summed E-state index contributed by atoms with van der Waals surface area (Å²) < 4.78 is 4.89. The predicted octanol–water partition coefficient (Wildman–Crippen LogP) is -0.726. The molecule has 5 nitrogen and oxygen atoms in total. The molecule has 2 unspecified atom stereocenters. The molecule has 0 bridgehead atoms. The van der Waals surface area contributed by atoms with Gasteiger partial charge in [0.2, 0.25) is 11.8 Å². The van der Waals surface area contributed by atoms with Gasteiger partial charge in [0.25, 0.3) is 0 Å². The quantitative estimate of drug-likeness (QED) is 0.629. The lowest BCUT2D eigenvalue weighted by Gasteiger charge is -2.15. The molecule has 0 aromatic heterocycles. The molecule has 0 aromatic carbocycles. The Morgan fingerprint density at radius 3 is 3.00 bits per heavy atom. The normalized spacial score (nSPS) is 23.0. The Morgan fingerprint density at radius 1 is 1.79 bits per heavy atom. The van der Waals surface area contributed by atoms with Crippen molar-refractivity contribution in [3.63, 3.8) is 0 Å². The van der Waals surface area contributed by atoms with E-state index in [0.29, 0.717) is 19.6 Å². The van der Waals surface area contributed by atoms with E-state index in [4.69, 9.17) is 4.74 Å². The summed E-state index contributed by atoms with van der Waals surface area (Å²) in [6.45, 7) is 2.80. The van der Waals surface area contributed by atoms with Gasteiger partial charge in [-0.25, -0.2) is 0 Å². The number of amides is 2. The van der Waals surface area contributed by atoms with E-state index < -0.39 is 0 Å². The third kappa shape index (κ3) is 2.99. The molecule has 1 aliphatic rings. The molecular formula is C9H16N2O3. The highest BCUT2D eigenvalue weighted by Gasteiger charge is 2.28. The van der Waals surface area contributed by atoms with Crippen molar-refractivity contribution in [2.45, 2.75) is 19.4 Å². The van der Waals surface area contributed by atoms with Crippen molar-refractivity contribution in [1.82, 2.24) is 10.6 Å². The monoisotopic (exact) mass is 200 g/mol. The summed E-state index contributed by atoms with van der Waals surface area (Å²) >= 11 is 0. The van der Waals surface area contributed by atoms with Crippen LogP contribution in [0.25, 0.3) is 0 Å². The first-order valence-corrected chi connectivity index (χ1v) is 4.69. The minimum atomic E-state index is -0.221. The molecule has 2 atom stereocenters. The summed E-state index contributed by atoms with van der Waals surface area (Å²) in [4.78, 5) is 22.4. The number of methoxy groups -OCH3 is 1. The Bertz CT molecular complexity index is 230. The zero-order chi connectivity index (χ0) is 10.6. The summed E-state index contributed by atoms with van der Waals surface area (Å²) in [6, 6.07) is -0.0109. The van der Waals surface area contributed by atoms with E-state index in [-0.39, 0.29) is 23.8 Å². The van der Waals surface area contributed by atoms with E-state index >= 15 is 0 Å². The molecule has 1 heterocycles. The molecule has 0 radical (unpaired) electrons. The minimum absolute atomic E-state index is 0.0109. The third-order valence-corrected chi connectivity index (χ3v) is 2.15. The van der Waals surface area contributed by atoms with Gasteiger partial charge < -0.3 is 15.4 Å². The van der Waals surface area contributed by atoms with Crippen LogP contribution in [0.1, 0.15) is 13.3 Å². The van der Waals surface area contributed by atoms with Crippen molar-refractivity contribution in [3.8, 4) is 0 Å². The maximum absolute atomic E-state index is 11.5. The van der Waals surface area contributed by atoms with Crippen LogP contribution in [-0.2, 0) is 14.3 Å². The highest BCUT2D eigenvalue weighted by atomic mass is 16.5. The van der Waals surface area contributed by atoms with Gasteiger partial charge in [0.15, 0.2) is 0 Å². The van der Waals surface area contributed by atoms with E-state index in [1.165, 1.54) is 0 Å². The maximum Gasteiger partial charge on any atom is 0.225 e. The molecule has 2 N–H and O–H groups in total. The smallest absolute Gasteiger partial charge is 0.225 e. The van der Waals surface area contributed by atoms with Crippen molar-refractivity contribution < 1.29 is 14.3 Å². The molecule has 14 heavy (non-hydrogen) atoms. The fourth-order valence-corrected chi connectivity index (χ4v) is 1.44. The minimum Gasteiger partial charge on any atom is -0.383 e. The molecule has 1 saturated heterocycles. The van der Waals surface area contributed by atoms with Crippen molar-refractivity contribution >= 4 is 11.8 Å². The number of carbonyl (C=O) groups excluding carboxylic acids is 2. The Hall–Kier alpha value is -1.10. The van der Waals surface area contributed by atoms with Gasteiger partial charge in [-0.15, -0.1) is 0 Å². The SMILES string of the molecule is COCC(C)NC(=O)C1CNC(=O)C1. The Labute approximate surface area is 83.2 Å². The van der Waals surface area contributed by atoms with E-state index in [0.717, 1.165) is 0 Å². The van der Waals surface area contributed by atoms with Crippen molar-refractivity contribution in [2.75, 3.05) is 20.3 Å². The lowest BCUT2D eigenvalue weighted by Crippen LogP contribution is -2.40. The Kier molecular flexibility index (Phi) is 3.88. The summed E-state index contributed by atoms with van der Waals surface area (Å²) in [7, 11) is 1.59. The van der Waals surface area contributed by atoms with Crippen LogP contribution in [0.15, 0.2) is 0 Å². The molecule has 80 valence electrons. The fourth-order valence-electron chi connectivity index (χ4n) is 1.44. The zero-order valence-corrected chi connectivity index (χ0v) is 8.50. The van der Waals surface area contributed by atoms with Crippen LogP contribution < -0.4 is 10.6 Å². The van der Waals surface area contributed by atoms with Gasteiger partial charge in [0, 0.05) is 26.1 Å². The molecule has 0 saturated carbocycles. The molecule has 1 rings (SSSR count). The van der Waals surface area contributed by atoms with Gasteiger partial charge in [-0.1, -0.05) is 0 Å². The molecule has 1 aliphatic heterocycles.